The summed E-state index contributed by atoms with van der Waals surface area (Å²) in [5.74, 6) is 2.06. The van der Waals surface area contributed by atoms with Gasteiger partial charge in [-0.1, -0.05) is 37.6 Å². The molecular formula is C22H28ClN5O2. The van der Waals surface area contributed by atoms with Gasteiger partial charge < -0.3 is 4.57 Å². The smallest absolute Gasteiger partial charge is 0.317 e. The summed E-state index contributed by atoms with van der Waals surface area (Å²) in [6.07, 6.45) is 1.23. The van der Waals surface area contributed by atoms with E-state index < -0.39 is 0 Å². The third-order valence-corrected chi connectivity index (χ3v) is 6.24. The monoisotopic (exact) mass is 429 g/mol. The van der Waals surface area contributed by atoms with Crippen LogP contribution in [0.1, 0.15) is 31.7 Å². The average Bonchev–Trinajstić information content (AvgIpc) is 3.03. The minimum absolute atomic E-state index is 0.318. The number of benzene rings is 1. The van der Waals surface area contributed by atoms with E-state index in [9.17, 15) is 9.59 Å². The van der Waals surface area contributed by atoms with Crippen molar-refractivity contribution in [1.82, 2.24) is 23.6 Å². The molecule has 0 saturated carbocycles. The fraction of sp³-hybridized carbons (Fsp3) is 0.500. The Balaban J connectivity index is 1.84. The van der Waals surface area contributed by atoms with Crippen molar-refractivity contribution in [3.05, 3.63) is 61.5 Å². The molecule has 7 nitrogen and oxygen atoms in total. The molecule has 8 heteroatoms. The first kappa shape index (κ1) is 20.9. The predicted molar refractivity (Wildman–Crippen MR) is 119 cm³/mol. The van der Waals surface area contributed by atoms with Crippen LogP contribution in [0.2, 0.25) is 5.02 Å². The summed E-state index contributed by atoms with van der Waals surface area (Å²) < 4.78 is 4.57. The second-order valence-electron chi connectivity index (χ2n) is 8.76. The van der Waals surface area contributed by atoms with Gasteiger partial charge in [0.2, 0.25) is 0 Å². The van der Waals surface area contributed by atoms with Crippen molar-refractivity contribution >= 4 is 22.8 Å². The number of aryl methyl sites for hydroxylation is 1. The molecule has 1 aromatic carbocycles. The molecule has 2 aromatic heterocycles. The van der Waals surface area contributed by atoms with Crippen LogP contribution in [0.15, 0.2) is 33.9 Å². The summed E-state index contributed by atoms with van der Waals surface area (Å²) in [4.78, 5) is 32.7. The molecule has 1 aliphatic heterocycles. The number of hydrogen-bond donors (Lipinski definition) is 0. The molecular weight excluding hydrogens is 402 g/mol. The quantitative estimate of drug-likeness (QED) is 0.639. The van der Waals surface area contributed by atoms with Gasteiger partial charge in [-0.3, -0.25) is 18.8 Å². The van der Waals surface area contributed by atoms with Crippen LogP contribution in [-0.2, 0) is 27.2 Å². The van der Waals surface area contributed by atoms with E-state index in [-0.39, 0.29) is 11.2 Å². The van der Waals surface area contributed by atoms with Gasteiger partial charge in [0.25, 0.3) is 5.56 Å². The second kappa shape index (κ2) is 8.04. The Morgan fingerprint density at radius 3 is 2.27 bits per heavy atom. The highest BCUT2D eigenvalue weighted by Gasteiger charge is 2.25. The minimum atomic E-state index is -0.365. The number of aromatic nitrogens is 4. The maximum atomic E-state index is 13.0. The van der Waals surface area contributed by atoms with E-state index in [0.29, 0.717) is 41.1 Å². The summed E-state index contributed by atoms with van der Waals surface area (Å²) in [7, 11) is 3.18. The third-order valence-electron chi connectivity index (χ3n) is 5.99. The summed E-state index contributed by atoms with van der Waals surface area (Å²) >= 11 is 6.04. The van der Waals surface area contributed by atoms with Gasteiger partial charge >= 0.3 is 5.69 Å². The Hall–Kier alpha value is -2.38. The molecule has 1 saturated heterocycles. The van der Waals surface area contributed by atoms with Gasteiger partial charge in [-0.05, 0) is 36.0 Å². The number of rotatable bonds is 4. The Labute approximate surface area is 180 Å². The van der Waals surface area contributed by atoms with E-state index in [4.69, 9.17) is 16.6 Å². The highest BCUT2D eigenvalue weighted by Crippen LogP contribution is 2.24. The Bertz CT molecular complexity index is 1180. The molecule has 2 unspecified atom stereocenters. The van der Waals surface area contributed by atoms with Crippen LogP contribution in [0, 0.1) is 11.8 Å². The lowest BCUT2D eigenvalue weighted by molar-refractivity contribution is 0.130. The molecule has 0 spiro atoms. The Morgan fingerprint density at radius 2 is 1.63 bits per heavy atom. The number of nitrogens with zero attached hydrogens (tertiary/aromatic N) is 5. The van der Waals surface area contributed by atoms with Crippen molar-refractivity contribution in [1.29, 1.82) is 0 Å². The largest absolute Gasteiger partial charge is 0.332 e. The molecule has 3 aromatic rings. The lowest BCUT2D eigenvalue weighted by Crippen LogP contribution is -2.39. The molecule has 3 heterocycles. The van der Waals surface area contributed by atoms with Gasteiger partial charge in [0.05, 0.1) is 6.54 Å². The standard InChI is InChI=1S/C22H28ClN5O2/c1-14-9-15(2)11-27(10-14)13-18-24-20-19(21(29)26(4)22(30)25(20)3)28(18)12-16-5-7-17(23)8-6-16/h5-8,14-15H,9-13H2,1-4H3. The number of piperidine rings is 1. The maximum absolute atomic E-state index is 13.0. The van der Waals surface area contributed by atoms with Gasteiger partial charge in [-0.25, -0.2) is 9.78 Å². The molecule has 0 amide bonds. The Kier molecular flexibility index (Phi) is 5.59. The molecule has 1 fully saturated rings. The molecule has 1 aliphatic rings. The molecule has 4 rings (SSSR count). The van der Waals surface area contributed by atoms with E-state index in [0.717, 1.165) is 29.0 Å². The molecule has 0 N–H and O–H groups in total. The zero-order valence-electron chi connectivity index (χ0n) is 17.9. The van der Waals surface area contributed by atoms with Crippen molar-refractivity contribution in [2.45, 2.75) is 33.4 Å². The summed E-state index contributed by atoms with van der Waals surface area (Å²) in [5, 5.41) is 0.670. The molecule has 0 bridgehead atoms. The number of likely N-dealkylation sites (tertiary alicyclic amines) is 1. The maximum Gasteiger partial charge on any atom is 0.332 e. The fourth-order valence-electron chi connectivity index (χ4n) is 4.68. The van der Waals surface area contributed by atoms with Crippen LogP contribution in [0.5, 0.6) is 0 Å². The van der Waals surface area contributed by atoms with E-state index in [1.54, 1.807) is 7.05 Å². The highest BCUT2D eigenvalue weighted by molar-refractivity contribution is 6.30. The highest BCUT2D eigenvalue weighted by atomic mass is 35.5. The molecule has 2 atom stereocenters. The van der Waals surface area contributed by atoms with Crippen LogP contribution >= 0.6 is 11.6 Å². The zero-order valence-corrected chi connectivity index (χ0v) is 18.7. The van der Waals surface area contributed by atoms with Gasteiger partial charge in [-0.15, -0.1) is 0 Å². The van der Waals surface area contributed by atoms with Gasteiger partial charge in [0, 0.05) is 38.8 Å². The van der Waals surface area contributed by atoms with E-state index >= 15 is 0 Å². The number of halogens is 1. The number of imidazole rings is 1. The van der Waals surface area contributed by atoms with Gasteiger partial charge in [0.1, 0.15) is 5.82 Å². The van der Waals surface area contributed by atoms with Crippen LogP contribution < -0.4 is 11.2 Å². The first-order valence-electron chi connectivity index (χ1n) is 10.4. The lowest BCUT2D eigenvalue weighted by atomic mass is 9.92. The summed E-state index contributed by atoms with van der Waals surface area (Å²) in [6.45, 7) is 7.71. The zero-order chi connectivity index (χ0) is 21.6. The second-order valence-corrected chi connectivity index (χ2v) is 9.20. The van der Waals surface area contributed by atoms with Gasteiger partial charge in [-0.2, -0.15) is 0 Å². The van der Waals surface area contributed by atoms with Crippen molar-refractivity contribution in [3.63, 3.8) is 0 Å². The van der Waals surface area contributed by atoms with Crippen LogP contribution in [-0.4, -0.2) is 36.7 Å². The summed E-state index contributed by atoms with van der Waals surface area (Å²) in [6, 6.07) is 7.60. The van der Waals surface area contributed by atoms with Crippen molar-refractivity contribution in [2.24, 2.45) is 25.9 Å². The fourth-order valence-corrected chi connectivity index (χ4v) is 4.80. The molecule has 0 aliphatic carbocycles. The number of hydrogen-bond acceptors (Lipinski definition) is 4. The number of fused-ring (bicyclic) bond motifs is 1. The average molecular weight is 430 g/mol. The van der Waals surface area contributed by atoms with E-state index in [1.165, 1.54) is 18.0 Å². The predicted octanol–water partition coefficient (Wildman–Crippen LogP) is 2.61. The summed E-state index contributed by atoms with van der Waals surface area (Å²) in [5.41, 5.74) is 1.24. The topological polar surface area (TPSA) is 65.1 Å². The SMILES string of the molecule is CC1CC(C)CN(Cc2nc3c(c(=O)n(C)c(=O)n3C)n2Cc2ccc(Cl)cc2)C1. The van der Waals surface area contributed by atoms with Crippen LogP contribution in [0.25, 0.3) is 11.2 Å². The molecule has 160 valence electrons. The van der Waals surface area contributed by atoms with Gasteiger partial charge in [0.15, 0.2) is 11.2 Å². The van der Waals surface area contributed by atoms with Crippen LogP contribution in [0.3, 0.4) is 0 Å². The lowest BCUT2D eigenvalue weighted by Gasteiger charge is -2.34. The van der Waals surface area contributed by atoms with Crippen molar-refractivity contribution in [2.75, 3.05) is 13.1 Å². The van der Waals surface area contributed by atoms with E-state index in [2.05, 4.69) is 18.7 Å². The van der Waals surface area contributed by atoms with Crippen molar-refractivity contribution < 1.29 is 0 Å². The Morgan fingerprint density at radius 1 is 1.00 bits per heavy atom. The molecule has 0 radical (unpaired) electrons. The first-order valence-corrected chi connectivity index (χ1v) is 10.7. The minimum Gasteiger partial charge on any atom is -0.317 e. The molecule has 30 heavy (non-hydrogen) atoms. The van der Waals surface area contributed by atoms with E-state index in [1.807, 2.05) is 28.8 Å². The normalized spacial score (nSPS) is 20.2. The third kappa shape index (κ3) is 3.84. The van der Waals surface area contributed by atoms with Crippen molar-refractivity contribution in [3.8, 4) is 0 Å². The van der Waals surface area contributed by atoms with Crippen LogP contribution in [0.4, 0.5) is 0 Å². The first-order chi connectivity index (χ1) is 14.2.